The van der Waals surface area contributed by atoms with Gasteiger partial charge in [0, 0.05) is 44.2 Å². The summed E-state index contributed by atoms with van der Waals surface area (Å²) in [5.74, 6) is 2.17. The van der Waals surface area contributed by atoms with Gasteiger partial charge in [-0.15, -0.1) is 0 Å². The van der Waals surface area contributed by atoms with E-state index in [-0.39, 0.29) is 24.0 Å². The summed E-state index contributed by atoms with van der Waals surface area (Å²) in [6.45, 7) is 7.04. The average molecular weight is 482 g/mol. The highest BCUT2D eigenvalue weighted by Crippen LogP contribution is 2.26. The molecule has 1 N–H and O–H groups in total. The first-order chi connectivity index (χ1) is 17.1. The van der Waals surface area contributed by atoms with Crippen LogP contribution in [0.3, 0.4) is 0 Å². The molecule has 2 saturated heterocycles. The van der Waals surface area contributed by atoms with Gasteiger partial charge in [-0.3, -0.25) is 4.79 Å². The van der Waals surface area contributed by atoms with Crippen molar-refractivity contribution in [2.24, 2.45) is 5.92 Å². The Morgan fingerprint density at radius 3 is 2.37 bits per heavy atom. The van der Waals surface area contributed by atoms with Crippen LogP contribution < -0.4 is 15.0 Å². The van der Waals surface area contributed by atoms with Crippen molar-refractivity contribution in [3.05, 3.63) is 42.2 Å². The lowest BCUT2D eigenvalue weighted by atomic mass is 9.94. The van der Waals surface area contributed by atoms with Gasteiger partial charge in [0.05, 0.1) is 6.61 Å². The van der Waals surface area contributed by atoms with Crippen LogP contribution in [-0.4, -0.2) is 65.7 Å². The van der Waals surface area contributed by atoms with E-state index in [0.29, 0.717) is 25.6 Å². The van der Waals surface area contributed by atoms with Crippen molar-refractivity contribution in [1.29, 1.82) is 0 Å². The van der Waals surface area contributed by atoms with E-state index in [1.54, 1.807) is 11.8 Å². The maximum atomic E-state index is 12.8. The number of carbonyl (C=O) groups excluding carboxylic acids is 2. The fourth-order valence-corrected chi connectivity index (χ4v) is 4.58. The normalized spacial score (nSPS) is 17.2. The molecule has 1 aromatic heterocycles. The lowest BCUT2D eigenvalue weighted by molar-refractivity contribution is -0.126. The second kappa shape index (κ2) is 11.9. The zero-order valence-corrected chi connectivity index (χ0v) is 20.6. The fourth-order valence-electron chi connectivity index (χ4n) is 4.58. The largest absolute Gasteiger partial charge is 0.450 e. The molecule has 3 heterocycles. The van der Waals surface area contributed by atoms with Gasteiger partial charge in [0.2, 0.25) is 11.8 Å². The summed E-state index contributed by atoms with van der Waals surface area (Å²) in [5, 5.41) is 3.20. The van der Waals surface area contributed by atoms with Crippen LogP contribution in [0.15, 0.2) is 36.7 Å². The number of likely N-dealkylation sites (tertiary alicyclic amines) is 1. The van der Waals surface area contributed by atoms with E-state index in [9.17, 15) is 9.59 Å². The summed E-state index contributed by atoms with van der Waals surface area (Å²) >= 11 is 0. The van der Waals surface area contributed by atoms with Crippen LogP contribution in [0.2, 0.25) is 0 Å². The highest BCUT2D eigenvalue weighted by molar-refractivity contribution is 5.79. The number of hydrogen-bond donors (Lipinski definition) is 1. The number of aromatic nitrogens is 2. The number of nitrogens with zero attached hydrogens (tertiary/aromatic N) is 4. The molecule has 2 aliphatic rings. The molecular formula is C26H35N5O4. The predicted molar refractivity (Wildman–Crippen MR) is 133 cm³/mol. The van der Waals surface area contributed by atoms with Crippen molar-refractivity contribution in [3.63, 3.8) is 0 Å². The third-order valence-corrected chi connectivity index (χ3v) is 6.74. The van der Waals surface area contributed by atoms with Gasteiger partial charge in [-0.1, -0.05) is 19.1 Å². The van der Waals surface area contributed by atoms with Crippen LogP contribution in [0, 0.1) is 5.92 Å². The number of nitrogens with one attached hydrogen (secondary N) is 1. The van der Waals surface area contributed by atoms with Gasteiger partial charge in [0.25, 0.3) is 0 Å². The summed E-state index contributed by atoms with van der Waals surface area (Å²) in [4.78, 5) is 37.3. The van der Waals surface area contributed by atoms with Crippen LogP contribution >= 0.6 is 0 Å². The third kappa shape index (κ3) is 6.61. The van der Waals surface area contributed by atoms with Gasteiger partial charge >= 0.3 is 6.09 Å². The minimum Gasteiger partial charge on any atom is -0.450 e. The minimum atomic E-state index is -0.266. The van der Waals surface area contributed by atoms with Crippen LogP contribution in [-0.2, 0) is 16.0 Å². The lowest BCUT2D eigenvalue weighted by Gasteiger charge is -2.35. The molecule has 2 aliphatic heterocycles. The third-order valence-electron chi connectivity index (χ3n) is 6.74. The Labute approximate surface area is 206 Å². The molecule has 4 rings (SSSR count). The summed E-state index contributed by atoms with van der Waals surface area (Å²) < 4.78 is 11.0. The monoisotopic (exact) mass is 481 g/mol. The SMILES string of the molecule is CCOC(=O)N1CCC(NC(=O)C2CCN(c3cc(Oc4ccc(CC)cc4)ncn3)CC2)CC1. The van der Waals surface area contributed by atoms with E-state index in [2.05, 4.69) is 39.2 Å². The molecule has 2 fully saturated rings. The van der Waals surface area contributed by atoms with E-state index in [1.807, 2.05) is 18.2 Å². The van der Waals surface area contributed by atoms with Crippen LogP contribution in [0.25, 0.3) is 0 Å². The van der Waals surface area contributed by atoms with Crippen LogP contribution in [0.4, 0.5) is 10.6 Å². The van der Waals surface area contributed by atoms with E-state index in [4.69, 9.17) is 9.47 Å². The minimum absolute atomic E-state index is 0.0102. The van der Waals surface area contributed by atoms with Crippen molar-refractivity contribution >= 4 is 17.8 Å². The number of piperidine rings is 2. The highest BCUT2D eigenvalue weighted by Gasteiger charge is 2.29. The van der Waals surface area contributed by atoms with Gasteiger partial charge in [0.1, 0.15) is 17.9 Å². The predicted octanol–water partition coefficient (Wildman–Crippen LogP) is 3.78. The second-order valence-corrected chi connectivity index (χ2v) is 9.04. The van der Waals surface area contributed by atoms with Crippen molar-refractivity contribution in [2.45, 2.75) is 52.0 Å². The Morgan fingerprint density at radius 2 is 1.71 bits per heavy atom. The standard InChI is InChI=1S/C26H35N5O4/c1-3-19-5-7-22(8-6-19)35-24-17-23(27-18-28-24)30-13-9-20(10-14-30)25(32)29-21-11-15-31(16-12-21)26(33)34-4-2/h5-8,17-18,20-21H,3-4,9-16H2,1-2H3,(H,29,32). The summed E-state index contributed by atoms with van der Waals surface area (Å²) in [5.41, 5.74) is 1.26. The number of hydrogen-bond acceptors (Lipinski definition) is 7. The zero-order valence-electron chi connectivity index (χ0n) is 20.6. The first-order valence-corrected chi connectivity index (χ1v) is 12.6. The quantitative estimate of drug-likeness (QED) is 0.643. The van der Waals surface area contributed by atoms with Crippen molar-refractivity contribution in [2.75, 3.05) is 37.7 Å². The molecule has 35 heavy (non-hydrogen) atoms. The Hall–Kier alpha value is -3.36. The summed E-state index contributed by atoms with van der Waals surface area (Å²) in [6, 6.07) is 9.97. The Balaban J connectivity index is 1.24. The van der Waals surface area contributed by atoms with Crippen molar-refractivity contribution < 1.29 is 19.1 Å². The van der Waals surface area contributed by atoms with Gasteiger partial charge in [0.15, 0.2) is 0 Å². The van der Waals surface area contributed by atoms with Gasteiger partial charge < -0.3 is 24.6 Å². The van der Waals surface area contributed by atoms with Crippen LogP contribution in [0.1, 0.15) is 45.1 Å². The number of benzene rings is 1. The molecule has 0 atom stereocenters. The molecule has 9 nitrogen and oxygen atoms in total. The highest BCUT2D eigenvalue weighted by atomic mass is 16.6. The first-order valence-electron chi connectivity index (χ1n) is 12.6. The van der Waals surface area contributed by atoms with Gasteiger partial charge in [-0.05, 0) is 56.7 Å². The molecule has 0 spiro atoms. The van der Waals surface area contributed by atoms with Crippen molar-refractivity contribution in [3.8, 4) is 11.6 Å². The maximum absolute atomic E-state index is 12.8. The summed E-state index contributed by atoms with van der Waals surface area (Å²) in [7, 11) is 0. The molecular weight excluding hydrogens is 446 g/mol. The Bertz CT molecular complexity index is 983. The topological polar surface area (TPSA) is 96.9 Å². The maximum Gasteiger partial charge on any atom is 0.409 e. The molecule has 2 amide bonds. The van der Waals surface area contributed by atoms with Gasteiger partial charge in [-0.25, -0.2) is 14.8 Å². The average Bonchev–Trinajstić information content (AvgIpc) is 2.90. The van der Waals surface area contributed by atoms with E-state index in [1.165, 1.54) is 11.9 Å². The molecule has 0 aliphatic carbocycles. The second-order valence-electron chi connectivity index (χ2n) is 9.04. The van der Waals surface area contributed by atoms with E-state index < -0.39 is 0 Å². The smallest absolute Gasteiger partial charge is 0.409 e. The zero-order chi connectivity index (χ0) is 24.6. The number of amides is 2. The number of anilines is 1. The van der Waals surface area contributed by atoms with E-state index >= 15 is 0 Å². The first kappa shape index (κ1) is 24.8. The molecule has 0 radical (unpaired) electrons. The molecule has 1 aromatic carbocycles. The van der Waals surface area contributed by atoms with Gasteiger partial charge in [-0.2, -0.15) is 0 Å². The fraction of sp³-hybridized carbons (Fsp3) is 0.538. The summed E-state index contributed by atoms with van der Waals surface area (Å²) in [6.07, 6.45) is 5.30. The Kier molecular flexibility index (Phi) is 8.39. The molecule has 188 valence electrons. The number of aryl methyl sites for hydroxylation is 1. The Morgan fingerprint density at radius 1 is 1.00 bits per heavy atom. The lowest BCUT2D eigenvalue weighted by Crippen LogP contribution is -2.49. The van der Waals surface area contributed by atoms with Crippen LogP contribution in [0.5, 0.6) is 11.6 Å². The molecule has 0 saturated carbocycles. The van der Waals surface area contributed by atoms with Crippen molar-refractivity contribution in [1.82, 2.24) is 20.2 Å². The molecule has 9 heteroatoms. The molecule has 2 aromatic rings. The molecule has 0 unspecified atom stereocenters. The van der Waals surface area contributed by atoms with E-state index in [0.717, 1.165) is 56.8 Å². The number of carbonyl (C=O) groups is 2. The molecule has 0 bridgehead atoms. The number of ether oxygens (including phenoxy) is 2. The number of rotatable bonds is 7.